The lowest BCUT2D eigenvalue weighted by molar-refractivity contribution is -0.132. The molecule has 4 aromatic rings. The number of carbonyl (C=O) groups excluding carboxylic acids is 4. The Morgan fingerprint density at radius 3 is 2.21 bits per heavy atom. The van der Waals surface area contributed by atoms with Gasteiger partial charge in [0.25, 0.3) is 0 Å². The summed E-state index contributed by atoms with van der Waals surface area (Å²) in [6, 6.07) is 22.7. The molecule has 0 saturated heterocycles. The summed E-state index contributed by atoms with van der Waals surface area (Å²) in [7, 11) is 0. The highest BCUT2D eigenvalue weighted by molar-refractivity contribution is 6.30. The van der Waals surface area contributed by atoms with Crippen molar-refractivity contribution in [3.63, 3.8) is 0 Å². The predicted molar refractivity (Wildman–Crippen MR) is 167 cm³/mol. The number of H-pyrrole nitrogens is 1. The Bertz CT molecular complexity index is 1540. The first-order chi connectivity index (χ1) is 20.8. The molecule has 9 nitrogen and oxygen atoms in total. The Kier molecular flexibility index (Phi) is 11.3. The largest absolute Gasteiger partial charge is 0.370 e. The monoisotopic (exact) mass is 601 g/mol. The van der Waals surface area contributed by atoms with Crippen LogP contribution in [0.4, 0.5) is 0 Å². The molecule has 0 radical (unpaired) electrons. The van der Waals surface area contributed by atoms with Crippen molar-refractivity contribution in [2.24, 2.45) is 5.73 Å². The minimum Gasteiger partial charge on any atom is -0.370 e. The Morgan fingerprint density at radius 1 is 0.767 bits per heavy atom. The maximum Gasteiger partial charge on any atom is 0.243 e. The van der Waals surface area contributed by atoms with E-state index < -0.39 is 23.9 Å². The van der Waals surface area contributed by atoms with E-state index in [0.717, 1.165) is 27.6 Å². The number of halogens is 1. The molecule has 6 N–H and O–H groups in total. The van der Waals surface area contributed by atoms with Crippen LogP contribution in [0.1, 0.15) is 36.0 Å². The molecule has 224 valence electrons. The van der Waals surface area contributed by atoms with E-state index >= 15 is 0 Å². The van der Waals surface area contributed by atoms with Crippen LogP contribution in [-0.2, 0) is 38.4 Å². The first-order valence-electron chi connectivity index (χ1n) is 14.3. The summed E-state index contributed by atoms with van der Waals surface area (Å²) in [5, 5.41) is 10.0. The van der Waals surface area contributed by atoms with Gasteiger partial charge in [0.05, 0.1) is 0 Å². The van der Waals surface area contributed by atoms with Gasteiger partial charge in [-0.2, -0.15) is 0 Å². The van der Waals surface area contributed by atoms with Crippen molar-refractivity contribution in [3.8, 4) is 0 Å². The highest BCUT2D eigenvalue weighted by Crippen LogP contribution is 2.19. The highest BCUT2D eigenvalue weighted by Gasteiger charge is 2.28. The molecule has 3 aromatic carbocycles. The molecule has 0 bridgehead atoms. The number of hydrogen-bond donors (Lipinski definition) is 5. The van der Waals surface area contributed by atoms with Gasteiger partial charge in [0, 0.05) is 47.9 Å². The van der Waals surface area contributed by atoms with E-state index in [2.05, 4.69) is 20.9 Å². The number of aromatic amines is 1. The zero-order chi connectivity index (χ0) is 30.6. The van der Waals surface area contributed by atoms with Gasteiger partial charge in [-0.15, -0.1) is 0 Å². The number of para-hydroxylation sites is 1. The molecule has 4 amide bonds. The van der Waals surface area contributed by atoms with Crippen molar-refractivity contribution < 1.29 is 19.2 Å². The third-order valence-electron chi connectivity index (χ3n) is 7.17. The zero-order valence-electron chi connectivity index (χ0n) is 23.8. The zero-order valence-corrected chi connectivity index (χ0v) is 24.5. The Hall–Kier alpha value is -4.63. The van der Waals surface area contributed by atoms with E-state index in [0.29, 0.717) is 24.4 Å². The van der Waals surface area contributed by atoms with Gasteiger partial charge < -0.3 is 26.7 Å². The number of aryl methyl sites for hydroxylation is 1. The lowest BCUT2D eigenvalue weighted by Crippen LogP contribution is -2.54. The molecule has 43 heavy (non-hydrogen) atoms. The van der Waals surface area contributed by atoms with Crippen LogP contribution in [-0.4, -0.2) is 47.2 Å². The summed E-state index contributed by atoms with van der Waals surface area (Å²) in [6.45, 7) is 0.385. The number of fused-ring (bicyclic) bond motifs is 1. The normalized spacial score (nSPS) is 12.3. The van der Waals surface area contributed by atoms with Crippen LogP contribution in [0, 0.1) is 0 Å². The van der Waals surface area contributed by atoms with Gasteiger partial charge in [-0.3, -0.25) is 19.2 Å². The molecule has 2 atom stereocenters. The highest BCUT2D eigenvalue weighted by atomic mass is 35.5. The Balaban J connectivity index is 1.45. The predicted octanol–water partition coefficient (Wildman–Crippen LogP) is 3.59. The third kappa shape index (κ3) is 9.72. The summed E-state index contributed by atoms with van der Waals surface area (Å²) in [5.41, 5.74) is 9.13. The standard InChI is InChI=1S/C33H36ClN5O4/c34-25-13-10-23(11-14-25)12-17-31(41)38-28(15-16-30(35)40)33(43)39-29(20-24-21-37-27-9-5-4-8-26(24)27)32(42)36-19-18-22-6-2-1-3-7-22/h1-11,13-14,21,28-29,37H,12,15-20H2,(H2,35,40)(H,36,42)(H,38,41)(H,39,43)/t28-,29-/m0/s1. The molecule has 4 rings (SSSR count). The van der Waals surface area contributed by atoms with Crippen molar-refractivity contribution in [2.45, 2.75) is 50.6 Å². The number of rotatable bonds is 15. The number of carbonyl (C=O) groups is 4. The summed E-state index contributed by atoms with van der Waals surface area (Å²) >= 11 is 5.94. The van der Waals surface area contributed by atoms with Gasteiger partial charge in [-0.1, -0.05) is 72.3 Å². The van der Waals surface area contributed by atoms with Gasteiger partial charge >= 0.3 is 0 Å². The SMILES string of the molecule is NC(=O)CC[C@H](NC(=O)CCc1ccc(Cl)cc1)C(=O)N[C@@H](Cc1c[nH]c2ccccc12)C(=O)NCCc1ccccc1. The van der Waals surface area contributed by atoms with Crippen LogP contribution in [0.5, 0.6) is 0 Å². The summed E-state index contributed by atoms with van der Waals surface area (Å²) in [4.78, 5) is 54.5. The van der Waals surface area contributed by atoms with E-state index in [1.807, 2.05) is 72.9 Å². The third-order valence-corrected chi connectivity index (χ3v) is 7.42. The van der Waals surface area contributed by atoms with Crippen LogP contribution in [0.2, 0.25) is 5.02 Å². The molecule has 0 aliphatic carbocycles. The molecule has 1 aromatic heterocycles. The average molecular weight is 602 g/mol. The Labute approximate surface area is 255 Å². The van der Waals surface area contributed by atoms with Crippen LogP contribution < -0.4 is 21.7 Å². The van der Waals surface area contributed by atoms with E-state index in [4.69, 9.17) is 17.3 Å². The van der Waals surface area contributed by atoms with E-state index in [1.165, 1.54) is 0 Å². The van der Waals surface area contributed by atoms with Crippen molar-refractivity contribution in [3.05, 3.63) is 107 Å². The van der Waals surface area contributed by atoms with Crippen molar-refractivity contribution in [1.82, 2.24) is 20.9 Å². The fourth-order valence-electron chi connectivity index (χ4n) is 4.83. The number of hydrogen-bond acceptors (Lipinski definition) is 4. The topological polar surface area (TPSA) is 146 Å². The smallest absolute Gasteiger partial charge is 0.243 e. The number of amides is 4. The van der Waals surface area contributed by atoms with E-state index in [9.17, 15) is 19.2 Å². The van der Waals surface area contributed by atoms with Crippen LogP contribution >= 0.6 is 11.6 Å². The number of nitrogens with two attached hydrogens (primary N) is 1. The van der Waals surface area contributed by atoms with Gasteiger partial charge in [-0.05, 0) is 54.2 Å². The maximum atomic E-state index is 13.5. The fourth-order valence-corrected chi connectivity index (χ4v) is 4.96. The van der Waals surface area contributed by atoms with Gasteiger partial charge in [0.2, 0.25) is 23.6 Å². The lowest BCUT2D eigenvalue weighted by atomic mass is 10.0. The van der Waals surface area contributed by atoms with Crippen LogP contribution in [0.15, 0.2) is 85.1 Å². The molecule has 0 saturated carbocycles. The second-order valence-corrected chi connectivity index (χ2v) is 10.8. The molecular weight excluding hydrogens is 566 g/mol. The van der Waals surface area contributed by atoms with Crippen LogP contribution in [0.3, 0.4) is 0 Å². The van der Waals surface area contributed by atoms with Gasteiger partial charge in [-0.25, -0.2) is 0 Å². The lowest BCUT2D eigenvalue weighted by Gasteiger charge is -2.23. The van der Waals surface area contributed by atoms with Gasteiger partial charge in [0.15, 0.2) is 0 Å². The second-order valence-electron chi connectivity index (χ2n) is 10.4. The molecule has 0 aliphatic rings. The van der Waals surface area contributed by atoms with Gasteiger partial charge in [0.1, 0.15) is 12.1 Å². The first-order valence-corrected chi connectivity index (χ1v) is 14.7. The first kappa shape index (κ1) is 31.3. The maximum absolute atomic E-state index is 13.5. The molecule has 0 unspecified atom stereocenters. The molecular formula is C33H36ClN5O4. The van der Waals surface area contributed by atoms with E-state index in [-0.39, 0.29) is 37.5 Å². The Morgan fingerprint density at radius 2 is 1.47 bits per heavy atom. The van der Waals surface area contributed by atoms with Crippen molar-refractivity contribution in [2.75, 3.05) is 6.54 Å². The van der Waals surface area contributed by atoms with Crippen molar-refractivity contribution >= 4 is 46.1 Å². The average Bonchev–Trinajstić information content (AvgIpc) is 3.41. The summed E-state index contributed by atoms with van der Waals surface area (Å²) < 4.78 is 0. The molecule has 0 aliphatic heterocycles. The summed E-state index contributed by atoms with van der Waals surface area (Å²) in [5.74, 6) is -1.87. The minimum atomic E-state index is -1.05. The van der Waals surface area contributed by atoms with E-state index in [1.54, 1.807) is 12.1 Å². The number of aromatic nitrogens is 1. The molecule has 10 heteroatoms. The number of benzene rings is 3. The van der Waals surface area contributed by atoms with Crippen LogP contribution in [0.25, 0.3) is 10.9 Å². The molecule has 0 fully saturated rings. The molecule has 0 spiro atoms. The number of primary amides is 1. The number of nitrogens with one attached hydrogen (secondary N) is 4. The molecule has 1 heterocycles. The minimum absolute atomic E-state index is 0.00326. The fraction of sp³-hybridized carbons (Fsp3) is 0.273. The van der Waals surface area contributed by atoms with Crippen molar-refractivity contribution in [1.29, 1.82) is 0 Å². The second kappa shape index (κ2) is 15.6. The quantitative estimate of drug-likeness (QED) is 0.142. The summed E-state index contributed by atoms with van der Waals surface area (Å²) in [6.07, 6.45) is 3.14.